The highest BCUT2D eigenvalue weighted by atomic mass is 16.3. The summed E-state index contributed by atoms with van der Waals surface area (Å²) in [6.45, 7) is 13.7. The van der Waals surface area contributed by atoms with Crippen LogP contribution in [-0.2, 0) is 0 Å². The van der Waals surface area contributed by atoms with Crippen molar-refractivity contribution in [3.8, 4) is 0 Å². The van der Waals surface area contributed by atoms with Crippen molar-refractivity contribution in [3.05, 3.63) is 0 Å². The van der Waals surface area contributed by atoms with E-state index in [2.05, 4.69) is 41.5 Å². The van der Waals surface area contributed by atoms with Crippen LogP contribution in [0.25, 0.3) is 0 Å². The molecule has 1 saturated carbocycles. The molecular formula is C17H34O. The third-order valence-electron chi connectivity index (χ3n) is 4.58. The number of hydrogen-bond donors (Lipinski definition) is 1. The molecule has 1 aliphatic carbocycles. The first-order valence-electron chi connectivity index (χ1n) is 7.77. The van der Waals surface area contributed by atoms with Gasteiger partial charge >= 0.3 is 0 Å². The summed E-state index contributed by atoms with van der Waals surface area (Å²) in [5.41, 5.74) is 0.223. The van der Waals surface area contributed by atoms with Gasteiger partial charge in [-0.3, -0.25) is 0 Å². The van der Waals surface area contributed by atoms with Crippen LogP contribution in [0.5, 0.6) is 0 Å². The summed E-state index contributed by atoms with van der Waals surface area (Å²) in [5, 5.41) is 11.1. The lowest BCUT2D eigenvalue weighted by atomic mass is 9.62. The molecule has 0 radical (unpaired) electrons. The SMILES string of the molecule is CC(C)(C)CCCC1(O)CCCCC1C(C)(C)C. The molecular weight excluding hydrogens is 220 g/mol. The number of aliphatic hydroxyl groups is 1. The summed E-state index contributed by atoms with van der Waals surface area (Å²) in [4.78, 5) is 0. The molecule has 0 heterocycles. The van der Waals surface area contributed by atoms with Gasteiger partial charge < -0.3 is 5.11 Å². The van der Waals surface area contributed by atoms with Crippen LogP contribution >= 0.6 is 0 Å². The van der Waals surface area contributed by atoms with Crippen LogP contribution in [0.4, 0.5) is 0 Å². The van der Waals surface area contributed by atoms with Crippen LogP contribution in [0, 0.1) is 16.7 Å². The largest absolute Gasteiger partial charge is 0.390 e. The maximum Gasteiger partial charge on any atom is 0.0680 e. The summed E-state index contributed by atoms with van der Waals surface area (Å²) < 4.78 is 0. The fourth-order valence-electron chi connectivity index (χ4n) is 3.69. The van der Waals surface area contributed by atoms with Crippen LogP contribution in [-0.4, -0.2) is 10.7 Å². The molecule has 0 aromatic rings. The van der Waals surface area contributed by atoms with Gasteiger partial charge in [0.1, 0.15) is 0 Å². The molecule has 18 heavy (non-hydrogen) atoms. The van der Waals surface area contributed by atoms with E-state index in [1.54, 1.807) is 0 Å². The molecule has 1 rings (SSSR count). The van der Waals surface area contributed by atoms with Gasteiger partial charge in [-0.25, -0.2) is 0 Å². The minimum Gasteiger partial charge on any atom is -0.390 e. The summed E-state index contributed by atoms with van der Waals surface area (Å²) in [5.74, 6) is 0.471. The third kappa shape index (κ3) is 4.57. The van der Waals surface area contributed by atoms with Crippen LogP contribution in [0.2, 0.25) is 0 Å². The van der Waals surface area contributed by atoms with Gasteiger partial charge in [0.15, 0.2) is 0 Å². The first-order valence-corrected chi connectivity index (χ1v) is 7.77. The van der Waals surface area contributed by atoms with Crippen LogP contribution < -0.4 is 0 Å². The second-order valence-electron chi connectivity index (χ2n) is 8.68. The molecule has 1 N–H and O–H groups in total. The van der Waals surface area contributed by atoms with Crippen molar-refractivity contribution in [2.75, 3.05) is 0 Å². The van der Waals surface area contributed by atoms with E-state index in [0.29, 0.717) is 11.3 Å². The highest BCUT2D eigenvalue weighted by Crippen LogP contribution is 2.46. The van der Waals surface area contributed by atoms with E-state index in [0.717, 1.165) is 19.3 Å². The monoisotopic (exact) mass is 254 g/mol. The van der Waals surface area contributed by atoms with Crippen molar-refractivity contribution < 1.29 is 5.11 Å². The molecule has 0 aliphatic heterocycles. The van der Waals surface area contributed by atoms with Gasteiger partial charge in [0.25, 0.3) is 0 Å². The Kier molecular flexibility index (Phi) is 4.92. The lowest BCUT2D eigenvalue weighted by Gasteiger charge is -2.47. The van der Waals surface area contributed by atoms with Crippen LogP contribution in [0.1, 0.15) is 86.5 Å². The lowest BCUT2D eigenvalue weighted by molar-refractivity contribution is -0.0968. The van der Waals surface area contributed by atoms with Gasteiger partial charge in [-0.1, -0.05) is 60.8 Å². The standard InChI is InChI=1S/C17H34O/c1-15(2,3)11-9-13-17(18)12-8-7-10-14(17)16(4,5)6/h14,18H,7-13H2,1-6H3. The molecule has 0 spiro atoms. The second-order valence-corrected chi connectivity index (χ2v) is 8.68. The smallest absolute Gasteiger partial charge is 0.0680 e. The molecule has 2 unspecified atom stereocenters. The molecule has 1 fully saturated rings. The van der Waals surface area contributed by atoms with Gasteiger partial charge in [-0.15, -0.1) is 0 Å². The number of hydrogen-bond acceptors (Lipinski definition) is 1. The Morgan fingerprint density at radius 3 is 2.17 bits per heavy atom. The Hall–Kier alpha value is -0.0400. The van der Waals surface area contributed by atoms with Crippen molar-refractivity contribution in [1.29, 1.82) is 0 Å². The molecule has 1 nitrogen and oxygen atoms in total. The Morgan fingerprint density at radius 1 is 1.06 bits per heavy atom. The summed E-state index contributed by atoms with van der Waals surface area (Å²) in [6.07, 6.45) is 8.08. The van der Waals surface area contributed by atoms with E-state index >= 15 is 0 Å². The van der Waals surface area contributed by atoms with Gasteiger partial charge in [-0.05, 0) is 42.4 Å². The zero-order valence-corrected chi connectivity index (χ0v) is 13.5. The average Bonchev–Trinajstić information content (AvgIpc) is 2.13. The Morgan fingerprint density at radius 2 is 1.67 bits per heavy atom. The summed E-state index contributed by atoms with van der Waals surface area (Å²) in [7, 11) is 0. The highest BCUT2D eigenvalue weighted by Gasteiger charge is 2.44. The van der Waals surface area contributed by atoms with Crippen molar-refractivity contribution >= 4 is 0 Å². The molecule has 1 aliphatic rings. The molecule has 0 aromatic carbocycles. The molecule has 0 bridgehead atoms. The minimum absolute atomic E-state index is 0.233. The maximum atomic E-state index is 11.1. The normalized spacial score (nSPS) is 30.5. The topological polar surface area (TPSA) is 20.2 Å². The Labute approximate surface area is 114 Å². The summed E-state index contributed by atoms with van der Waals surface area (Å²) >= 11 is 0. The fraction of sp³-hybridized carbons (Fsp3) is 1.00. The van der Waals surface area contributed by atoms with Gasteiger partial charge in [0, 0.05) is 0 Å². The first kappa shape index (κ1) is 16.0. The zero-order valence-electron chi connectivity index (χ0n) is 13.5. The average molecular weight is 254 g/mol. The molecule has 0 aromatic heterocycles. The van der Waals surface area contributed by atoms with E-state index < -0.39 is 5.60 Å². The minimum atomic E-state index is -0.401. The summed E-state index contributed by atoms with van der Waals surface area (Å²) in [6, 6.07) is 0. The molecule has 1 heteroatoms. The van der Waals surface area contributed by atoms with E-state index in [1.165, 1.54) is 25.7 Å². The van der Waals surface area contributed by atoms with Crippen molar-refractivity contribution in [1.82, 2.24) is 0 Å². The first-order chi connectivity index (χ1) is 8.05. The van der Waals surface area contributed by atoms with Crippen LogP contribution in [0.15, 0.2) is 0 Å². The predicted octanol–water partition coefficient (Wildman–Crippen LogP) is 5.17. The second kappa shape index (κ2) is 5.53. The predicted molar refractivity (Wildman–Crippen MR) is 79.7 cm³/mol. The van der Waals surface area contributed by atoms with E-state index in [-0.39, 0.29) is 5.41 Å². The van der Waals surface area contributed by atoms with Crippen molar-refractivity contribution in [3.63, 3.8) is 0 Å². The molecule has 2 atom stereocenters. The number of rotatable bonds is 3. The maximum absolute atomic E-state index is 11.1. The van der Waals surface area contributed by atoms with Gasteiger partial charge in [0.2, 0.25) is 0 Å². The molecule has 0 saturated heterocycles. The van der Waals surface area contributed by atoms with E-state index in [1.807, 2.05) is 0 Å². The van der Waals surface area contributed by atoms with E-state index in [9.17, 15) is 5.11 Å². The van der Waals surface area contributed by atoms with E-state index in [4.69, 9.17) is 0 Å². The lowest BCUT2D eigenvalue weighted by Crippen LogP contribution is -2.46. The Bertz CT molecular complexity index is 256. The van der Waals surface area contributed by atoms with Crippen molar-refractivity contribution in [2.24, 2.45) is 16.7 Å². The Balaban J connectivity index is 2.63. The fourth-order valence-corrected chi connectivity index (χ4v) is 3.69. The molecule has 108 valence electrons. The highest BCUT2D eigenvalue weighted by molar-refractivity contribution is 4.95. The van der Waals surface area contributed by atoms with Crippen LogP contribution in [0.3, 0.4) is 0 Å². The molecule has 0 amide bonds. The van der Waals surface area contributed by atoms with Crippen molar-refractivity contribution in [2.45, 2.75) is 92.1 Å². The zero-order chi connectivity index (χ0) is 14.0. The van der Waals surface area contributed by atoms with Gasteiger partial charge in [0.05, 0.1) is 5.60 Å². The third-order valence-corrected chi connectivity index (χ3v) is 4.58. The quantitative estimate of drug-likeness (QED) is 0.736. The van der Waals surface area contributed by atoms with Gasteiger partial charge in [-0.2, -0.15) is 0 Å².